The molecule has 0 saturated carbocycles. The minimum absolute atomic E-state index is 0.00495. The van der Waals surface area contributed by atoms with Crippen molar-refractivity contribution in [1.29, 1.82) is 0 Å². The SMILES string of the molecule is CC1CCN2c3ccc(F)cc3NC(=O)C2C1. The van der Waals surface area contributed by atoms with Crippen molar-refractivity contribution in [3.05, 3.63) is 24.0 Å². The molecule has 2 aliphatic rings. The van der Waals surface area contributed by atoms with Crippen LogP contribution in [0.4, 0.5) is 15.8 Å². The molecule has 1 saturated heterocycles. The minimum Gasteiger partial charge on any atom is -0.358 e. The molecule has 4 heteroatoms. The standard InChI is InChI=1S/C13H15FN2O/c1-8-4-5-16-11-3-2-9(14)7-10(11)15-13(17)12(16)6-8/h2-3,7-8,12H,4-6H2,1H3,(H,15,17). The van der Waals surface area contributed by atoms with E-state index in [2.05, 4.69) is 17.1 Å². The Kier molecular flexibility index (Phi) is 2.31. The van der Waals surface area contributed by atoms with Gasteiger partial charge in [0.15, 0.2) is 0 Å². The van der Waals surface area contributed by atoms with Crippen LogP contribution in [0.25, 0.3) is 0 Å². The summed E-state index contributed by atoms with van der Waals surface area (Å²) in [5.41, 5.74) is 1.55. The third-order valence-corrected chi connectivity index (χ3v) is 3.69. The van der Waals surface area contributed by atoms with E-state index in [1.807, 2.05) is 0 Å². The maximum Gasteiger partial charge on any atom is 0.247 e. The van der Waals surface area contributed by atoms with Crippen LogP contribution in [0.15, 0.2) is 18.2 Å². The van der Waals surface area contributed by atoms with Crippen LogP contribution >= 0.6 is 0 Å². The molecule has 1 fully saturated rings. The van der Waals surface area contributed by atoms with Gasteiger partial charge in [0.05, 0.1) is 11.4 Å². The lowest BCUT2D eigenvalue weighted by atomic mass is 9.90. The number of amides is 1. The van der Waals surface area contributed by atoms with Crippen LogP contribution in [0.5, 0.6) is 0 Å². The zero-order valence-corrected chi connectivity index (χ0v) is 9.74. The van der Waals surface area contributed by atoms with Gasteiger partial charge in [-0.3, -0.25) is 4.79 Å². The molecule has 2 heterocycles. The van der Waals surface area contributed by atoms with Crippen molar-refractivity contribution < 1.29 is 9.18 Å². The van der Waals surface area contributed by atoms with Gasteiger partial charge in [-0.05, 0) is 37.0 Å². The first-order valence-corrected chi connectivity index (χ1v) is 6.02. The van der Waals surface area contributed by atoms with E-state index in [1.54, 1.807) is 6.07 Å². The van der Waals surface area contributed by atoms with Crippen LogP contribution in [0, 0.1) is 11.7 Å². The van der Waals surface area contributed by atoms with Gasteiger partial charge in [-0.2, -0.15) is 0 Å². The number of nitrogens with one attached hydrogen (secondary N) is 1. The average molecular weight is 234 g/mol. The Morgan fingerprint density at radius 2 is 2.29 bits per heavy atom. The summed E-state index contributed by atoms with van der Waals surface area (Å²) in [6.07, 6.45) is 1.96. The smallest absolute Gasteiger partial charge is 0.247 e. The molecule has 1 N–H and O–H groups in total. The molecule has 3 nitrogen and oxygen atoms in total. The predicted molar refractivity (Wildman–Crippen MR) is 64.6 cm³/mol. The summed E-state index contributed by atoms with van der Waals surface area (Å²) in [6.45, 7) is 3.04. The number of halogens is 1. The first-order chi connectivity index (χ1) is 8.15. The molecule has 0 aromatic heterocycles. The zero-order chi connectivity index (χ0) is 12.0. The van der Waals surface area contributed by atoms with E-state index in [1.165, 1.54) is 12.1 Å². The van der Waals surface area contributed by atoms with Crippen LogP contribution in [-0.2, 0) is 4.79 Å². The number of benzene rings is 1. The van der Waals surface area contributed by atoms with Crippen molar-refractivity contribution in [2.45, 2.75) is 25.8 Å². The molecular formula is C13H15FN2O. The summed E-state index contributed by atoms with van der Waals surface area (Å²) >= 11 is 0. The second kappa shape index (κ2) is 3.72. The van der Waals surface area contributed by atoms with Gasteiger partial charge < -0.3 is 10.2 Å². The number of hydrogen-bond donors (Lipinski definition) is 1. The quantitative estimate of drug-likeness (QED) is 0.747. The van der Waals surface area contributed by atoms with Crippen molar-refractivity contribution in [2.75, 3.05) is 16.8 Å². The maximum absolute atomic E-state index is 13.1. The Morgan fingerprint density at radius 1 is 1.47 bits per heavy atom. The summed E-state index contributed by atoms with van der Waals surface area (Å²) in [4.78, 5) is 14.1. The Labute approximate surface area is 99.6 Å². The van der Waals surface area contributed by atoms with E-state index >= 15 is 0 Å². The number of carbonyl (C=O) groups is 1. The van der Waals surface area contributed by atoms with E-state index < -0.39 is 0 Å². The van der Waals surface area contributed by atoms with Gasteiger partial charge in [-0.25, -0.2) is 4.39 Å². The Hall–Kier alpha value is -1.58. The van der Waals surface area contributed by atoms with Crippen LogP contribution in [0.2, 0.25) is 0 Å². The number of piperidine rings is 1. The highest BCUT2D eigenvalue weighted by molar-refractivity contribution is 6.03. The molecule has 0 aliphatic carbocycles. The molecule has 1 amide bonds. The summed E-state index contributed by atoms with van der Waals surface area (Å²) in [7, 11) is 0. The summed E-state index contributed by atoms with van der Waals surface area (Å²) < 4.78 is 13.1. The number of carbonyl (C=O) groups excluding carboxylic acids is 1. The number of nitrogens with zero attached hydrogens (tertiary/aromatic N) is 1. The van der Waals surface area contributed by atoms with Gasteiger partial charge in [0.1, 0.15) is 11.9 Å². The summed E-state index contributed by atoms with van der Waals surface area (Å²) in [5.74, 6) is 0.256. The molecule has 1 aromatic carbocycles. The normalized spacial score (nSPS) is 27.2. The van der Waals surface area contributed by atoms with Gasteiger partial charge >= 0.3 is 0 Å². The van der Waals surface area contributed by atoms with Gasteiger partial charge in [0.2, 0.25) is 5.91 Å². The van der Waals surface area contributed by atoms with Crippen LogP contribution in [-0.4, -0.2) is 18.5 Å². The van der Waals surface area contributed by atoms with Gasteiger partial charge in [-0.1, -0.05) is 6.92 Å². The molecule has 90 valence electrons. The summed E-state index contributed by atoms with van der Waals surface area (Å²) in [5, 5.41) is 2.80. The number of hydrogen-bond acceptors (Lipinski definition) is 2. The molecule has 0 spiro atoms. The van der Waals surface area contributed by atoms with Gasteiger partial charge in [0, 0.05) is 6.54 Å². The predicted octanol–water partition coefficient (Wildman–Crippen LogP) is 2.38. The molecule has 17 heavy (non-hydrogen) atoms. The Morgan fingerprint density at radius 3 is 3.12 bits per heavy atom. The lowest BCUT2D eigenvalue weighted by Gasteiger charge is -2.43. The monoisotopic (exact) mass is 234 g/mol. The van der Waals surface area contributed by atoms with Crippen LogP contribution in [0.3, 0.4) is 0 Å². The van der Waals surface area contributed by atoms with Crippen LogP contribution in [0.1, 0.15) is 19.8 Å². The number of anilines is 2. The molecule has 0 bridgehead atoms. The van der Waals surface area contributed by atoms with E-state index in [4.69, 9.17) is 0 Å². The van der Waals surface area contributed by atoms with Crippen molar-refractivity contribution in [3.8, 4) is 0 Å². The minimum atomic E-state index is -0.312. The van der Waals surface area contributed by atoms with E-state index in [0.29, 0.717) is 11.6 Å². The van der Waals surface area contributed by atoms with Crippen molar-refractivity contribution >= 4 is 17.3 Å². The topological polar surface area (TPSA) is 32.3 Å². The molecule has 0 radical (unpaired) electrons. The lowest BCUT2D eigenvalue weighted by molar-refractivity contribution is -0.118. The lowest BCUT2D eigenvalue weighted by Crippen LogP contribution is -2.52. The fourth-order valence-corrected chi connectivity index (χ4v) is 2.75. The van der Waals surface area contributed by atoms with E-state index in [0.717, 1.165) is 25.1 Å². The van der Waals surface area contributed by atoms with E-state index in [9.17, 15) is 9.18 Å². The number of fused-ring (bicyclic) bond motifs is 3. The van der Waals surface area contributed by atoms with Crippen LogP contribution < -0.4 is 10.2 Å². The van der Waals surface area contributed by atoms with Crippen molar-refractivity contribution in [3.63, 3.8) is 0 Å². The van der Waals surface area contributed by atoms with Crippen molar-refractivity contribution in [2.24, 2.45) is 5.92 Å². The molecule has 2 unspecified atom stereocenters. The first-order valence-electron chi connectivity index (χ1n) is 6.02. The zero-order valence-electron chi connectivity index (χ0n) is 9.74. The summed E-state index contributed by atoms with van der Waals surface area (Å²) in [6, 6.07) is 4.51. The van der Waals surface area contributed by atoms with Gasteiger partial charge in [0.25, 0.3) is 0 Å². The van der Waals surface area contributed by atoms with Crippen molar-refractivity contribution in [1.82, 2.24) is 0 Å². The van der Waals surface area contributed by atoms with Gasteiger partial charge in [-0.15, -0.1) is 0 Å². The molecule has 2 atom stereocenters. The highest BCUT2D eigenvalue weighted by Crippen LogP contribution is 2.37. The molecule has 1 aromatic rings. The highest BCUT2D eigenvalue weighted by Gasteiger charge is 2.36. The first kappa shape index (κ1) is 10.6. The fourth-order valence-electron chi connectivity index (χ4n) is 2.75. The third kappa shape index (κ3) is 1.68. The Balaban J connectivity index is 2.02. The maximum atomic E-state index is 13.1. The van der Waals surface area contributed by atoms with E-state index in [-0.39, 0.29) is 17.8 Å². The fraction of sp³-hybridized carbons (Fsp3) is 0.462. The third-order valence-electron chi connectivity index (χ3n) is 3.69. The second-order valence-electron chi connectivity index (χ2n) is 4.99. The highest BCUT2D eigenvalue weighted by atomic mass is 19.1. The molecule has 2 aliphatic heterocycles. The number of rotatable bonds is 0. The second-order valence-corrected chi connectivity index (χ2v) is 4.99. The average Bonchev–Trinajstić information content (AvgIpc) is 2.29. The Bertz CT molecular complexity index is 474. The largest absolute Gasteiger partial charge is 0.358 e. The molecular weight excluding hydrogens is 219 g/mol. The molecule has 3 rings (SSSR count).